The highest BCUT2D eigenvalue weighted by Gasteiger charge is 1.95. The van der Waals surface area contributed by atoms with E-state index in [-0.39, 0.29) is 0 Å². The van der Waals surface area contributed by atoms with E-state index >= 15 is 0 Å². The Morgan fingerprint density at radius 2 is 2.67 bits per heavy atom. The second-order valence-corrected chi connectivity index (χ2v) is 1.78. The summed E-state index contributed by atoms with van der Waals surface area (Å²) in [5, 5.41) is 3.92. The second kappa shape index (κ2) is 1.52. The highest BCUT2D eigenvalue weighted by molar-refractivity contribution is 6.29. The van der Waals surface area contributed by atoms with Crippen LogP contribution in [0.25, 0.3) is 0 Å². The van der Waals surface area contributed by atoms with Gasteiger partial charge in [-0.25, -0.2) is 0 Å². The predicted molar refractivity (Wildman–Crippen MR) is 26.6 cm³/mol. The first-order valence-electron chi connectivity index (χ1n) is 1.97. The minimum absolute atomic E-state index is 0.940. The highest BCUT2D eigenvalue weighted by Crippen LogP contribution is 2.07. The molecule has 0 aliphatic carbocycles. The smallest absolute Gasteiger partial charge is 0.0354 e. The quantitative estimate of drug-likeness (QED) is 0.484. The monoisotopic (exact) mass is 103 g/mol. The van der Waals surface area contributed by atoms with Gasteiger partial charge in [-0.3, -0.25) is 0 Å². The molecule has 0 radical (unpaired) electrons. The van der Waals surface area contributed by atoms with Gasteiger partial charge in [0.2, 0.25) is 0 Å². The lowest BCUT2D eigenvalue weighted by atomic mass is 10.5. The molecule has 34 valence electrons. The summed E-state index contributed by atoms with van der Waals surface area (Å²) in [6, 6.07) is 0. The fourth-order valence-corrected chi connectivity index (χ4v) is 0.618. The summed E-state index contributed by atoms with van der Waals surface area (Å²) < 4.78 is 0. The van der Waals surface area contributed by atoms with Gasteiger partial charge in [-0.1, -0.05) is 11.6 Å². The van der Waals surface area contributed by atoms with Crippen molar-refractivity contribution in [1.82, 2.24) is 5.32 Å². The molecular formula is C4H6ClN. The summed E-state index contributed by atoms with van der Waals surface area (Å²) in [5.41, 5.74) is 0. The van der Waals surface area contributed by atoms with Crippen molar-refractivity contribution in [3.05, 3.63) is 11.2 Å². The predicted octanol–water partition coefficient (Wildman–Crippen LogP) is 1.06. The van der Waals surface area contributed by atoms with Crippen LogP contribution in [0.2, 0.25) is 0 Å². The molecule has 0 spiro atoms. The first-order valence-corrected chi connectivity index (χ1v) is 2.35. The Kier molecular flexibility index (Phi) is 1.01. The molecule has 0 amide bonds. The van der Waals surface area contributed by atoms with Gasteiger partial charge in [0.25, 0.3) is 0 Å². The fraction of sp³-hybridized carbons (Fsp3) is 0.500. The molecule has 0 aromatic heterocycles. The lowest BCUT2D eigenvalue weighted by Gasteiger charge is -1.78. The van der Waals surface area contributed by atoms with Crippen LogP contribution < -0.4 is 5.32 Å². The molecule has 1 aliphatic heterocycles. The van der Waals surface area contributed by atoms with E-state index in [1.54, 1.807) is 0 Å². The Bertz CT molecular complexity index is 77.6. The number of rotatable bonds is 0. The van der Waals surface area contributed by atoms with E-state index in [2.05, 4.69) is 5.32 Å². The van der Waals surface area contributed by atoms with E-state index in [0.717, 1.165) is 18.0 Å². The van der Waals surface area contributed by atoms with E-state index in [4.69, 9.17) is 11.6 Å². The molecule has 1 aliphatic rings. The third-order valence-electron chi connectivity index (χ3n) is 0.767. The Labute approximate surface area is 42.0 Å². The average Bonchev–Trinajstić information content (AvgIpc) is 1.86. The van der Waals surface area contributed by atoms with Crippen molar-refractivity contribution in [2.24, 2.45) is 0 Å². The van der Waals surface area contributed by atoms with Crippen LogP contribution in [0.5, 0.6) is 0 Å². The lowest BCUT2D eigenvalue weighted by Crippen LogP contribution is -1.96. The third kappa shape index (κ3) is 0.658. The minimum Gasteiger partial charge on any atom is -0.390 e. The lowest BCUT2D eigenvalue weighted by molar-refractivity contribution is 0.914. The van der Waals surface area contributed by atoms with Crippen LogP contribution in [0.15, 0.2) is 11.2 Å². The van der Waals surface area contributed by atoms with Gasteiger partial charge >= 0.3 is 0 Å². The van der Waals surface area contributed by atoms with Gasteiger partial charge in [0.05, 0.1) is 0 Å². The number of hydrogen-bond acceptors (Lipinski definition) is 1. The maximum absolute atomic E-state index is 5.51. The SMILES string of the molecule is ClC1=CNCC1. The van der Waals surface area contributed by atoms with Crippen molar-refractivity contribution >= 4 is 11.6 Å². The zero-order valence-electron chi connectivity index (χ0n) is 3.37. The Hall–Kier alpha value is -0.170. The fourth-order valence-electron chi connectivity index (χ4n) is 0.447. The van der Waals surface area contributed by atoms with Gasteiger partial charge in [0.1, 0.15) is 0 Å². The van der Waals surface area contributed by atoms with Crippen LogP contribution in [0.3, 0.4) is 0 Å². The van der Waals surface area contributed by atoms with Gasteiger partial charge in [-0.15, -0.1) is 0 Å². The van der Waals surface area contributed by atoms with E-state index < -0.39 is 0 Å². The summed E-state index contributed by atoms with van der Waals surface area (Å²) in [5.74, 6) is 0. The summed E-state index contributed by atoms with van der Waals surface area (Å²) in [6.07, 6.45) is 2.84. The molecule has 0 fully saturated rings. The van der Waals surface area contributed by atoms with Crippen LogP contribution in [0, 0.1) is 0 Å². The zero-order chi connectivity index (χ0) is 4.41. The maximum atomic E-state index is 5.51. The van der Waals surface area contributed by atoms with Crippen LogP contribution in [0.1, 0.15) is 6.42 Å². The number of nitrogens with one attached hydrogen (secondary N) is 1. The third-order valence-corrected chi connectivity index (χ3v) is 1.06. The molecular weight excluding hydrogens is 97.5 g/mol. The van der Waals surface area contributed by atoms with Crippen molar-refractivity contribution in [2.75, 3.05) is 6.54 Å². The van der Waals surface area contributed by atoms with Crippen molar-refractivity contribution < 1.29 is 0 Å². The van der Waals surface area contributed by atoms with E-state index in [1.807, 2.05) is 6.20 Å². The van der Waals surface area contributed by atoms with Crippen LogP contribution in [-0.2, 0) is 0 Å². The van der Waals surface area contributed by atoms with Gasteiger partial charge in [-0.2, -0.15) is 0 Å². The van der Waals surface area contributed by atoms with Crippen LogP contribution >= 0.6 is 11.6 Å². The normalized spacial score (nSPS) is 19.8. The summed E-state index contributed by atoms with van der Waals surface area (Å²) in [6.45, 7) is 1.01. The van der Waals surface area contributed by atoms with Crippen molar-refractivity contribution in [1.29, 1.82) is 0 Å². The van der Waals surface area contributed by atoms with Crippen LogP contribution in [-0.4, -0.2) is 6.54 Å². The Morgan fingerprint density at radius 1 is 1.83 bits per heavy atom. The highest BCUT2D eigenvalue weighted by atomic mass is 35.5. The summed E-state index contributed by atoms with van der Waals surface area (Å²) >= 11 is 5.51. The van der Waals surface area contributed by atoms with E-state index in [1.165, 1.54) is 0 Å². The van der Waals surface area contributed by atoms with Crippen molar-refractivity contribution in [3.63, 3.8) is 0 Å². The summed E-state index contributed by atoms with van der Waals surface area (Å²) in [4.78, 5) is 0. The molecule has 0 atom stereocenters. The largest absolute Gasteiger partial charge is 0.390 e. The molecule has 0 aromatic carbocycles. The maximum Gasteiger partial charge on any atom is 0.0354 e. The molecule has 0 unspecified atom stereocenters. The Balaban J connectivity index is 2.45. The zero-order valence-corrected chi connectivity index (χ0v) is 4.13. The molecule has 1 rings (SSSR count). The minimum atomic E-state index is 0.940. The topological polar surface area (TPSA) is 12.0 Å². The van der Waals surface area contributed by atoms with Crippen LogP contribution in [0.4, 0.5) is 0 Å². The number of hydrogen-bond donors (Lipinski definition) is 1. The molecule has 1 nitrogen and oxygen atoms in total. The molecule has 0 saturated heterocycles. The average molecular weight is 104 g/mol. The van der Waals surface area contributed by atoms with Gasteiger partial charge in [0, 0.05) is 24.2 Å². The van der Waals surface area contributed by atoms with E-state index in [9.17, 15) is 0 Å². The first kappa shape index (κ1) is 4.00. The molecule has 0 saturated carbocycles. The summed E-state index contributed by atoms with van der Waals surface area (Å²) in [7, 11) is 0. The van der Waals surface area contributed by atoms with Gasteiger partial charge in [0.15, 0.2) is 0 Å². The molecule has 1 heterocycles. The van der Waals surface area contributed by atoms with E-state index in [0.29, 0.717) is 0 Å². The first-order chi connectivity index (χ1) is 2.89. The second-order valence-electron chi connectivity index (χ2n) is 1.30. The van der Waals surface area contributed by atoms with Gasteiger partial charge in [-0.05, 0) is 0 Å². The Morgan fingerprint density at radius 3 is 2.83 bits per heavy atom. The molecule has 1 N–H and O–H groups in total. The van der Waals surface area contributed by atoms with Gasteiger partial charge < -0.3 is 5.32 Å². The number of halogens is 1. The molecule has 2 heteroatoms. The van der Waals surface area contributed by atoms with Crippen molar-refractivity contribution in [2.45, 2.75) is 6.42 Å². The molecule has 0 aromatic rings. The molecule has 0 bridgehead atoms. The molecule has 6 heavy (non-hydrogen) atoms. The standard InChI is InChI=1S/C4H6ClN/c5-4-1-2-6-3-4/h3,6H,1-2H2. The van der Waals surface area contributed by atoms with Crippen molar-refractivity contribution in [3.8, 4) is 0 Å².